The molecule has 3 aromatic rings. The van der Waals surface area contributed by atoms with Gasteiger partial charge in [-0.3, -0.25) is 20.4 Å². The Morgan fingerprint density at radius 3 is 2.25 bits per heavy atom. The van der Waals surface area contributed by atoms with Crippen LogP contribution in [0, 0.1) is 6.92 Å². The number of carbonyl (C=O) groups excluding carboxylic acids is 2. The number of amides is 2. The minimum absolute atomic E-state index is 0.182. The summed E-state index contributed by atoms with van der Waals surface area (Å²) in [6.07, 6.45) is 0. The average Bonchev–Trinajstić information content (AvgIpc) is 2.59. The first-order valence-corrected chi connectivity index (χ1v) is 7.25. The largest absolute Gasteiger partial charge is 0.422 e. The number of carbonyl (C=O) groups is 2. The van der Waals surface area contributed by atoms with E-state index in [1.165, 1.54) is 6.07 Å². The molecule has 2 amide bonds. The quantitative estimate of drug-likeness (QED) is 0.559. The van der Waals surface area contributed by atoms with Crippen LogP contribution in [0.2, 0.25) is 0 Å². The van der Waals surface area contributed by atoms with Crippen LogP contribution >= 0.6 is 0 Å². The molecule has 0 aliphatic heterocycles. The van der Waals surface area contributed by atoms with Crippen LogP contribution in [0.15, 0.2) is 63.8 Å². The first-order valence-electron chi connectivity index (χ1n) is 7.25. The van der Waals surface area contributed by atoms with Crippen LogP contribution < -0.4 is 16.5 Å². The van der Waals surface area contributed by atoms with E-state index in [1.807, 2.05) is 6.07 Å². The van der Waals surface area contributed by atoms with E-state index < -0.39 is 17.4 Å². The van der Waals surface area contributed by atoms with Gasteiger partial charge in [0.25, 0.3) is 11.8 Å². The Labute approximate surface area is 137 Å². The number of nitrogens with one attached hydrogen (secondary N) is 2. The summed E-state index contributed by atoms with van der Waals surface area (Å²) in [5.74, 6) is -1.21. The van der Waals surface area contributed by atoms with Gasteiger partial charge in [-0.2, -0.15) is 0 Å². The smallest absolute Gasteiger partial charge is 0.349 e. The second-order valence-corrected chi connectivity index (χ2v) is 5.21. The SMILES string of the molecule is Cc1ccccc1C(=O)NNC(=O)c1cc2ccccc2oc1=O. The summed E-state index contributed by atoms with van der Waals surface area (Å²) in [4.78, 5) is 36.1. The molecule has 0 saturated carbocycles. The van der Waals surface area contributed by atoms with Crippen LogP contribution in [0.1, 0.15) is 26.3 Å². The molecular weight excluding hydrogens is 308 g/mol. The van der Waals surface area contributed by atoms with Crippen LogP contribution in [0.25, 0.3) is 11.0 Å². The van der Waals surface area contributed by atoms with Crippen molar-refractivity contribution in [3.05, 3.63) is 81.7 Å². The summed E-state index contributed by atoms with van der Waals surface area (Å²) in [7, 11) is 0. The third kappa shape index (κ3) is 3.03. The van der Waals surface area contributed by atoms with E-state index in [0.717, 1.165) is 5.56 Å². The second-order valence-electron chi connectivity index (χ2n) is 5.21. The first-order chi connectivity index (χ1) is 11.6. The normalized spacial score (nSPS) is 10.4. The van der Waals surface area contributed by atoms with Gasteiger partial charge in [0.15, 0.2) is 0 Å². The Morgan fingerprint density at radius 1 is 0.875 bits per heavy atom. The van der Waals surface area contributed by atoms with Crippen molar-refractivity contribution >= 4 is 22.8 Å². The molecule has 3 rings (SSSR count). The zero-order chi connectivity index (χ0) is 17.1. The summed E-state index contributed by atoms with van der Waals surface area (Å²) < 4.78 is 5.10. The van der Waals surface area contributed by atoms with Crippen LogP contribution in [-0.2, 0) is 0 Å². The molecule has 1 aromatic heterocycles. The Morgan fingerprint density at radius 2 is 1.50 bits per heavy atom. The highest BCUT2D eigenvalue weighted by atomic mass is 16.4. The van der Waals surface area contributed by atoms with Gasteiger partial charge in [-0.25, -0.2) is 4.79 Å². The lowest BCUT2D eigenvalue weighted by Gasteiger charge is -2.08. The molecule has 0 aliphatic carbocycles. The highest BCUT2D eigenvalue weighted by Gasteiger charge is 2.15. The average molecular weight is 322 g/mol. The van der Waals surface area contributed by atoms with Crippen molar-refractivity contribution < 1.29 is 14.0 Å². The van der Waals surface area contributed by atoms with Crippen molar-refractivity contribution in [2.75, 3.05) is 0 Å². The molecule has 0 aliphatic rings. The zero-order valence-electron chi connectivity index (χ0n) is 12.8. The lowest BCUT2D eigenvalue weighted by Crippen LogP contribution is -2.43. The fourth-order valence-corrected chi connectivity index (χ4v) is 2.30. The molecule has 24 heavy (non-hydrogen) atoms. The maximum Gasteiger partial charge on any atom is 0.349 e. The van der Waals surface area contributed by atoms with Gasteiger partial charge in [0, 0.05) is 10.9 Å². The van der Waals surface area contributed by atoms with E-state index in [9.17, 15) is 14.4 Å². The second kappa shape index (κ2) is 6.37. The number of hydrogen-bond acceptors (Lipinski definition) is 4. The van der Waals surface area contributed by atoms with Crippen LogP contribution in [0.4, 0.5) is 0 Å². The molecule has 1 heterocycles. The molecule has 0 unspecified atom stereocenters. The highest BCUT2D eigenvalue weighted by Crippen LogP contribution is 2.12. The van der Waals surface area contributed by atoms with E-state index in [-0.39, 0.29) is 5.56 Å². The Balaban J connectivity index is 1.78. The summed E-state index contributed by atoms with van der Waals surface area (Å²) in [6.45, 7) is 1.79. The monoisotopic (exact) mass is 322 g/mol. The van der Waals surface area contributed by atoms with Gasteiger partial charge in [-0.1, -0.05) is 36.4 Å². The van der Waals surface area contributed by atoms with Crippen LogP contribution in [-0.4, -0.2) is 11.8 Å². The summed E-state index contributed by atoms with van der Waals surface area (Å²) in [6, 6.07) is 15.2. The molecule has 0 saturated heterocycles. The molecule has 0 fully saturated rings. The molecule has 6 heteroatoms. The number of hydrogen-bond donors (Lipinski definition) is 2. The lowest BCUT2D eigenvalue weighted by atomic mass is 10.1. The third-order valence-electron chi connectivity index (χ3n) is 3.57. The Kier molecular flexibility index (Phi) is 4.11. The van der Waals surface area contributed by atoms with Crippen LogP contribution in [0.5, 0.6) is 0 Å². The first kappa shape index (κ1) is 15.5. The predicted octanol–water partition coefficient (Wildman–Crippen LogP) is 2.18. The van der Waals surface area contributed by atoms with Crippen LogP contribution in [0.3, 0.4) is 0 Å². The van der Waals surface area contributed by atoms with E-state index >= 15 is 0 Å². The molecule has 0 atom stereocenters. The number of fused-ring (bicyclic) bond motifs is 1. The van der Waals surface area contributed by atoms with Gasteiger partial charge in [0.1, 0.15) is 11.1 Å². The van der Waals surface area contributed by atoms with E-state index in [2.05, 4.69) is 10.9 Å². The fourth-order valence-electron chi connectivity index (χ4n) is 2.30. The minimum Gasteiger partial charge on any atom is -0.422 e. The minimum atomic E-state index is -0.767. The molecule has 0 radical (unpaired) electrons. The van der Waals surface area contributed by atoms with Gasteiger partial charge in [-0.05, 0) is 30.7 Å². The van der Waals surface area contributed by atoms with Gasteiger partial charge in [0.2, 0.25) is 0 Å². The number of benzene rings is 2. The summed E-state index contributed by atoms with van der Waals surface area (Å²) in [5.41, 5.74) is 5.17. The van der Waals surface area contributed by atoms with Gasteiger partial charge >= 0.3 is 5.63 Å². The fraction of sp³-hybridized carbons (Fsp3) is 0.0556. The molecule has 6 nitrogen and oxygen atoms in total. The van der Waals surface area contributed by atoms with Crippen molar-refractivity contribution in [2.24, 2.45) is 0 Å². The van der Waals surface area contributed by atoms with Crippen molar-refractivity contribution in [1.29, 1.82) is 0 Å². The molecule has 120 valence electrons. The van der Waals surface area contributed by atoms with Crippen molar-refractivity contribution in [2.45, 2.75) is 6.92 Å². The topological polar surface area (TPSA) is 88.4 Å². The van der Waals surface area contributed by atoms with E-state index in [1.54, 1.807) is 49.4 Å². The number of para-hydroxylation sites is 1. The van der Waals surface area contributed by atoms with Gasteiger partial charge in [0.05, 0.1) is 0 Å². The zero-order valence-corrected chi connectivity index (χ0v) is 12.8. The number of rotatable bonds is 2. The Hall–Kier alpha value is -3.41. The van der Waals surface area contributed by atoms with Crippen molar-refractivity contribution in [3.8, 4) is 0 Å². The van der Waals surface area contributed by atoms with Crippen molar-refractivity contribution in [3.63, 3.8) is 0 Å². The van der Waals surface area contributed by atoms with E-state index in [0.29, 0.717) is 16.5 Å². The summed E-state index contributed by atoms with van der Waals surface area (Å²) in [5, 5.41) is 0.618. The standard InChI is InChI=1S/C18H14N2O4/c1-11-6-2-4-8-13(11)16(21)19-20-17(22)14-10-12-7-3-5-9-15(12)24-18(14)23/h2-10H,1H3,(H,19,21)(H,20,22). The van der Waals surface area contributed by atoms with Gasteiger partial charge in [-0.15, -0.1) is 0 Å². The maximum atomic E-state index is 12.1. The predicted molar refractivity (Wildman–Crippen MR) is 88.6 cm³/mol. The van der Waals surface area contributed by atoms with E-state index in [4.69, 9.17) is 4.42 Å². The molecule has 2 aromatic carbocycles. The third-order valence-corrected chi connectivity index (χ3v) is 3.57. The number of aryl methyl sites for hydroxylation is 1. The molecule has 2 N–H and O–H groups in total. The maximum absolute atomic E-state index is 12.1. The molecule has 0 spiro atoms. The van der Waals surface area contributed by atoms with Crippen molar-refractivity contribution in [1.82, 2.24) is 10.9 Å². The molecule has 0 bridgehead atoms. The highest BCUT2D eigenvalue weighted by molar-refractivity contribution is 6.00. The lowest BCUT2D eigenvalue weighted by molar-refractivity contribution is 0.0844. The number of hydrazine groups is 1. The summed E-state index contributed by atoms with van der Waals surface area (Å²) >= 11 is 0. The molecular formula is C18H14N2O4. The van der Waals surface area contributed by atoms with Gasteiger partial charge < -0.3 is 4.42 Å². The Bertz CT molecular complexity index is 991.